The van der Waals surface area contributed by atoms with Crippen molar-refractivity contribution in [2.75, 3.05) is 23.3 Å². The molecule has 0 amide bonds. The molecule has 4 aromatic rings. The third-order valence-electron chi connectivity index (χ3n) is 5.94. The van der Waals surface area contributed by atoms with Gasteiger partial charge in [0, 0.05) is 58.1 Å². The van der Waals surface area contributed by atoms with Crippen LogP contribution in [0.5, 0.6) is 11.5 Å². The molecule has 0 atom stereocenters. The fourth-order valence-electron chi connectivity index (χ4n) is 4.00. The summed E-state index contributed by atoms with van der Waals surface area (Å²) < 4.78 is 9.51. The maximum absolute atomic E-state index is 12.7. The van der Waals surface area contributed by atoms with Gasteiger partial charge in [-0.3, -0.25) is 14.6 Å². The summed E-state index contributed by atoms with van der Waals surface area (Å²) in [5.41, 5.74) is 3.69. The summed E-state index contributed by atoms with van der Waals surface area (Å²) in [6.45, 7) is 3.54. The van der Waals surface area contributed by atoms with Gasteiger partial charge in [-0.25, -0.2) is 4.98 Å². The van der Waals surface area contributed by atoms with Crippen LogP contribution < -0.4 is 20.5 Å². The Kier molecular flexibility index (Phi) is 5.53. The highest BCUT2D eigenvalue weighted by Crippen LogP contribution is 2.29. The number of hydrogen-bond acceptors (Lipinski definition) is 7. The number of benzene rings is 1. The van der Waals surface area contributed by atoms with Crippen molar-refractivity contribution >= 4 is 34.1 Å². The fraction of sp³-hybridized carbons (Fsp3) is 0.280. The Morgan fingerprint density at radius 3 is 2.65 bits per heavy atom. The van der Waals surface area contributed by atoms with E-state index in [1.807, 2.05) is 42.1 Å². The van der Waals surface area contributed by atoms with Crippen molar-refractivity contribution in [1.82, 2.24) is 19.1 Å². The van der Waals surface area contributed by atoms with Crippen molar-refractivity contribution in [2.24, 2.45) is 14.1 Å². The monoisotopic (exact) mass is 458 g/mol. The minimum Gasteiger partial charge on any atom is -0.457 e. The van der Waals surface area contributed by atoms with Crippen LogP contribution in [-0.2, 0) is 25.3 Å². The van der Waals surface area contributed by atoms with E-state index >= 15 is 0 Å². The molecule has 1 aliphatic heterocycles. The van der Waals surface area contributed by atoms with E-state index < -0.39 is 0 Å². The molecule has 0 spiro atoms. The van der Waals surface area contributed by atoms with Gasteiger partial charge in [0.15, 0.2) is 0 Å². The predicted molar refractivity (Wildman–Crippen MR) is 131 cm³/mol. The zero-order valence-electron chi connectivity index (χ0n) is 19.4. The van der Waals surface area contributed by atoms with Crippen molar-refractivity contribution in [2.45, 2.75) is 19.8 Å². The van der Waals surface area contributed by atoms with E-state index in [9.17, 15) is 9.59 Å². The van der Waals surface area contributed by atoms with Crippen LogP contribution in [-0.4, -0.2) is 38.0 Å². The SMILES string of the molecule is CC(=O)Cc1cc(Oc2ccc3nc(Nc4cc(N5CCC5)cn(C)c4=O)n(C)c3c2)ccn1. The molecule has 0 saturated carbocycles. The highest BCUT2D eigenvalue weighted by atomic mass is 16.5. The lowest BCUT2D eigenvalue weighted by Crippen LogP contribution is -2.38. The van der Waals surface area contributed by atoms with Gasteiger partial charge in [-0.2, -0.15) is 0 Å². The molecule has 1 aliphatic rings. The molecule has 34 heavy (non-hydrogen) atoms. The molecule has 9 heteroatoms. The van der Waals surface area contributed by atoms with Gasteiger partial charge in [0.25, 0.3) is 5.56 Å². The number of fused-ring (bicyclic) bond motifs is 1. The number of hydrogen-bond donors (Lipinski definition) is 1. The number of pyridine rings is 2. The van der Waals surface area contributed by atoms with E-state index in [-0.39, 0.29) is 17.8 Å². The summed E-state index contributed by atoms with van der Waals surface area (Å²) in [5.74, 6) is 1.86. The summed E-state index contributed by atoms with van der Waals surface area (Å²) in [7, 11) is 3.65. The average molecular weight is 459 g/mol. The van der Waals surface area contributed by atoms with Crippen molar-refractivity contribution < 1.29 is 9.53 Å². The van der Waals surface area contributed by atoms with Gasteiger partial charge in [-0.05, 0) is 37.6 Å². The van der Waals surface area contributed by atoms with Gasteiger partial charge in [0.05, 0.1) is 22.4 Å². The number of Topliss-reactive ketones (excluding diaryl/α,β-unsaturated/α-hetero) is 1. The topological polar surface area (TPSA) is 94.3 Å². The number of ether oxygens (including phenoxy) is 1. The maximum Gasteiger partial charge on any atom is 0.274 e. The first-order chi connectivity index (χ1) is 16.4. The summed E-state index contributed by atoms with van der Waals surface area (Å²) >= 11 is 0. The Labute approximate surface area is 196 Å². The fourth-order valence-corrected chi connectivity index (χ4v) is 4.00. The van der Waals surface area contributed by atoms with Crippen molar-refractivity contribution in [3.8, 4) is 11.5 Å². The molecule has 174 valence electrons. The first-order valence-corrected chi connectivity index (χ1v) is 11.2. The molecule has 1 fully saturated rings. The van der Waals surface area contributed by atoms with Crippen LogP contribution in [0.4, 0.5) is 17.3 Å². The quantitative estimate of drug-likeness (QED) is 0.453. The summed E-state index contributed by atoms with van der Waals surface area (Å²) in [6.07, 6.45) is 4.93. The highest BCUT2D eigenvalue weighted by Gasteiger charge is 2.18. The van der Waals surface area contributed by atoms with E-state index in [1.54, 1.807) is 29.9 Å². The lowest BCUT2D eigenvalue weighted by atomic mass is 10.2. The number of aryl methyl sites for hydroxylation is 2. The number of nitrogens with one attached hydrogen (secondary N) is 1. The second kappa shape index (κ2) is 8.66. The van der Waals surface area contributed by atoms with Gasteiger partial charge in [-0.1, -0.05) is 0 Å². The summed E-state index contributed by atoms with van der Waals surface area (Å²) in [5, 5.41) is 3.22. The largest absolute Gasteiger partial charge is 0.457 e. The molecular formula is C25H26N6O3. The van der Waals surface area contributed by atoms with Gasteiger partial charge >= 0.3 is 0 Å². The summed E-state index contributed by atoms with van der Waals surface area (Å²) in [4.78, 5) is 35.2. The molecule has 9 nitrogen and oxygen atoms in total. The van der Waals surface area contributed by atoms with Crippen LogP contribution in [0.15, 0.2) is 53.6 Å². The molecule has 0 bridgehead atoms. The number of carbonyl (C=O) groups is 1. The van der Waals surface area contributed by atoms with E-state index in [4.69, 9.17) is 4.74 Å². The van der Waals surface area contributed by atoms with E-state index in [2.05, 4.69) is 20.2 Å². The Hall–Kier alpha value is -4.14. The second-order valence-corrected chi connectivity index (χ2v) is 8.60. The average Bonchev–Trinajstić information content (AvgIpc) is 3.05. The van der Waals surface area contributed by atoms with Crippen LogP contribution in [0.3, 0.4) is 0 Å². The van der Waals surface area contributed by atoms with Gasteiger partial charge in [0.1, 0.15) is 23.0 Å². The number of nitrogens with zero attached hydrogens (tertiary/aromatic N) is 5. The van der Waals surface area contributed by atoms with Crippen LogP contribution >= 0.6 is 0 Å². The zero-order valence-corrected chi connectivity index (χ0v) is 19.4. The van der Waals surface area contributed by atoms with E-state index in [0.717, 1.165) is 36.2 Å². The first kappa shape index (κ1) is 21.7. The van der Waals surface area contributed by atoms with E-state index in [1.165, 1.54) is 6.92 Å². The summed E-state index contributed by atoms with van der Waals surface area (Å²) in [6, 6.07) is 11.0. The minimum atomic E-state index is -0.112. The molecule has 3 aromatic heterocycles. The van der Waals surface area contributed by atoms with Crippen LogP contribution in [0.1, 0.15) is 19.0 Å². The maximum atomic E-state index is 12.7. The standard InChI is InChI=1S/C25H26N6O3/c1-16(32)11-17-12-20(7-8-26-17)34-19-5-6-21-23(14-19)30(3)25(27-21)28-22-13-18(31-9-4-10-31)15-29(2)24(22)33/h5-8,12-15H,4,9-11H2,1-3H3,(H,27,28). The highest BCUT2D eigenvalue weighted by molar-refractivity contribution is 5.81. The predicted octanol–water partition coefficient (Wildman–Crippen LogP) is 3.54. The molecule has 5 rings (SSSR count). The molecule has 0 aliphatic carbocycles. The lowest BCUT2D eigenvalue weighted by Gasteiger charge is -2.33. The molecule has 0 radical (unpaired) electrons. The number of imidazole rings is 1. The van der Waals surface area contributed by atoms with Gasteiger partial charge in [-0.15, -0.1) is 0 Å². The number of anilines is 3. The smallest absolute Gasteiger partial charge is 0.274 e. The Morgan fingerprint density at radius 1 is 1.12 bits per heavy atom. The third kappa shape index (κ3) is 4.24. The Morgan fingerprint density at radius 2 is 1.91 bits per heavy atom. The van der Waals surface area contributed by atoms with Crippen LogP contribution in [0.2, 0.25) is 0 Å². The van der Waals surface area contributed by atoms with Crippen LogP contribution in [0.25, 0.3) is 11.0 Å². The zero-order chi connectivity index (χ0) is 23.8. The number of aromatic nitrogens is 4. The molecule has 1 saturated heterocycles. The number of ketones is 1. The Balaban J connectivity index is 1.42. The Bertz CT molecular complexity index is 1450. The van der Waals surface area contributed by atoms with Crippen molar-refractivity contribution in [3.05, 3.63) is 64.8 Å². The lowest BCUT2D eigenvalue weighted by molar-refractivity contribution is -0.116. The van der Waals surface area contributed by atoms with Crippen LogP contribution in [0, 0.1) is 0 Å². The third-order valence-corrected chi connectivity index (χ3v) is 5.94. The van der Waals surface area contributed by atoms with Crippen molar-refractivity contribution in [1.29, 1.82) is 0 Å². The first-order valence-electron chi connectivity index (χ1n) is 11.2. The molecule has 4 heterocycles. The number of carbonyl (C=O) groups excluding carboxylic acids is 1. The second-order valence-electron chi connectivity index (χ2n) is 8.60. The molecule has 1 N–H and O–H groups in total. The number of rotatable bonds is 7. The van der Waals surface area contributed by atoms with Crippen molar-refractivity contribution in [3.63, 3.8) is 0 Å². The minimum absolute atomic E-state index is 0.0474. The molecule has 0 unspecified atom stereocenters. The van der Waals surface area contributed by atoms with Gasteiger partial charge in [0.2, 0.25) is 5.95 Å². The van der Waals surface area contributed by atoms with Gasteiger partial charge < -0.3 is 24.1 Å². The molecule has 1 aromatic carbocycles. The van der Waals surface area contributed by atoms with E-state index in [0.29, 0.717) is 28.8 Å². The normalized spacial score (nSPS) is 13.1. The molecular weight excluding hydrogens is 432 g/mol.